The molecule has 0 bridgehead atoms. The molecule has 3 aromatic heterocycles. The fourth-order valence-corrected chi connectivity index (χ4v) is 4.41. The van der Waals surface area contributed by atoms with Crippen molar-refractivity contribution in [1.29, 1.82) is 0 Å². The van der Waals surface area contributed by atoms with Crippen LogP contribution in [0, 0.1) is 0 Å². The first-order valence-corrected chi connectivity index (χ1v) is 9.61. The van der Waals surface area contributed by atoms with E-state index in [1.807, 2.05) is 43.6 Å². The number of hydrogen-bond donors (Lipinski definition) is 2. The first-order valence-electron chi connectivity index (χ1n) is 8.17. The first kappa shape index (κ1) is 16.6. The molecule has 0 aliphatic heterocycles. The van der Waals surface area contributed by atoms with E-state index >= 15 is 0 Å². The predicted octanol–water partition coefficient (Wildman–Crippen LogP) is 2.33. The van der Waals surface area contributed by atoms with Crippen molar-refractivity contribution in [3.63, 3.8) is 0 Å². The second kappa shape index (κ2) is 6.15. The summed E-state index contributed by atoms with van der Waals surface area (Å²) in [5.41, 5.74) is 3.34. The minimum atomic E-state index is -3.79. The van der Waals surface area contributed by atoms with Crippen molar-refractivity contribution in [2.75, 3.05) is 7.05 Å². The Morgan fingerprint density at radius 2 is 2.04 bits per heavy atom. The number of aromatic nitrogens is 4. The SMILES string of the molecule is CNCc1cc(-c2ccc3[nH]ccc3c2)n(S(=O)(=O)c2ccn(C)n2)c1. The van der Waals surface area contributed by atoms with E-state index in [2.05, 4.69) is 15.4 Å². The van der Waals surface area contributed by atoms with Gasteiger partial charge < -0.3 is 10.3 Å². The van der Waals surface area contributed by atoms with Gasteiger partial charge in [-0.05, 0) is 48.5 Å². The summed E-state index contributed by atoms with van der Waals surface area (Å²) in [5, 5.41) is 8.19. The molecule has 4 rings (SSSR count). The van der Waals surface area contributed by atoms with Crippen LogP contribution < -0.4 is 5.32 Å². The second-order valence-corrected chi connectivity index (χ2v) is 7.93. The molecule has 0 amide bonds. The molecule has 8 heteroatoms. The normalized spacial score (nSPS) is 12.1. The third kappa shape index (κ3) is 2.73. The molecule has 0 saturated carbocycles. The zero-order chi connectivity index (χ0) is 18.3. The summed E-state index contributed by atoms with van der Waals surface area (Å²) in [6, 6.07) is 11.2. The van der Waals surface area contributed by atoms with Gasteiger partial charge in [-0.3, -0.25) is 4.68 Å². The Labute approximate surface area is 151 Å². The standard InChI is InChI=1S/C18H19N5O2S/c1-19-11-13-9-17(15-3-4-16-14(10-15)5-7-20-16)23(12-13)26(24,25)18-6-8-22(2)21-18/h3-10,12,19-20H,11H2,1-2H3. The van der Waals surface area contributed by atoms with Gasteiger partial charge in [0, 0.05) is 43.1 Å². The van der Waals surface area contributed by atoms with Gasteiger partial charge in [-0.2, -0.15) is 13.5 Å². The Hall–Kier alpha value is -2.84. The van der Waals surface area contributed by atoms with E-state index < -0.39 is 10.0 Å². The number of rotatable bonds is 5. The number of nitrogens with one attached hydrogen (secondary N) is 2. The number of fused-ring (bicyclic) bond motifs is 1. The third-order valence-electron chi connectivity index (χ3n) is 4.28. The summed E-state index contributed by atoms with van der Waals surface area (Å²) in [7, 11) is -0.259. The van der Waals surface area contributed by atoms with Crippen molar-refractivity contribution in [1.82, 2.24) is 24.1 Å². The van der Waals surface area contributed by atoms with E-state index in [1.165, 1.54) is 14.7 Å². The molecular weight excluding hydrogens is 350 g/mol. The van der Waals surface area contributed by atoms with Crippen LogP contribution in [0.1, 0.15) is 5.56 Å². The first-order chi connectivity index (χ1) is 12.5. The van der Waals surface area contributed by atoms with E-state index in [0.29, 0.717) is 12.2 Å². The zero-order valence-corrected chi connectivity index (χ0v) is 15.3. The van der Waals surface area contributed by atoms with Gasteiger partial charge in [0.1, 0.15) is 0 Å². The van der Waals surface area contributed by atoms with E-state index in [-0.39, 0.29) is 5.03 Å². The molecule has 1 aromatic carbocycles. The van der Waals surface area contributed by atoms with Gasteiger partial charge in [-0.25, -0.2) is 3.97 Å². The molecule has 0 atom stereocenters. The fraction of sp³-hybridized carbons (Fsp3) is 0.167. The summed E-state index contributed by atoms with van der Waals surface area (Å²) >= 11 is 0. The molecule has 0 fully saturated rings. The summed E-state index contributed by atoms with van der Waals surface area (Å²) in [5.74, 6) is 0. The van der Waals surface area contributed by atoms with Gasteiger partial charge in [0.2, 0.25) is 0 Å². The topological polar surface area (TPSA) is 84.7 Å². The van der Waals surface area contributed by atoms with Gasteiger partial charge in [0.25, 0.3) is 10.0 Å². The summed E-state index contributed by atoms with van der Waals surface area (Å²) < 4.78 is 29.1. The number of nitrogens with zero attached hydrogens (tertiary/aromatic N) is 3. The summed E-state index contributed by atoms with van der Waals surface area (Å²) in [6.45, 7) is 0.574. The maximum absolute atomic E-state index is 13.1. The number of aromatic amines is 1. The third-order valence-corrected chi connectivity index (χ3v) is 5.85. The second-order valence-electron chi connectivity index (χ2n) is 6.17. The smallest absolute Gasteiger partial charge is 0.287 e. The molecule has 0 aliphatic carbocycles. The van der Waals surface area contributed by atoms with Crippen LogP contribution in [0.5, 0.6) is 0 Å². The number of H-pyrrole nitrogens is 1. The number of hydrogen-bond acceptors (Lipinski definition) is 4. The van der Waals surface area contributed by atoms with Gasteiger partial charge in [-0.15, -0.1) is 0 Å². The van der Waals surface area contributed by atoms with Gasteiger partial charge in [0.05, 0.1) is 5.69 Å². The highest BCUT2D eigenvalue weighted by Gasteiger charge is 2.24. The van der Waals surface area contributed by atoms with E-state index in [4.69, 9.17) is 0 Å². The molecule has 0 unspecified atom stereocenters. The lowest BCUT2D eigenvalue weighted by atomic mass is 10.1. The summed E-state index contributed by atoms with van der Waals surface area (Å²) in [6.07, 6.45) is 5.14. The average molecular weight is 369 g/mol. The molecule has 0 saturated heterocycles. The molecule has 7 nitrogen and oxygen atoms in total. The predicted molar refractivity (Wildman–Crippen MR) is 100 cm³/mol. The highest BCUT2D eigenvalue weighted by Crippen LogP contribution is 2.29. The average Bonchev–Trinajstić information content (AvgIpc) is 3.33. The van der Waals surface area contributed by atoms with E-state index in [9.17, 15) is 8.42 Å². The van der Waals surface area contributed by atoms with Gasteiger partial charge in [0.15, 0.2) is 5.03 Å². The molecule has 4 aromatic rings. The van der Waals surface area contributed by atoms with E-state index in [0.717, 1.165) is 22.0 Å². The Morgan fingerprint density at radius 3 is 2.77 bits per heavy atom. The Bertz CT molecular complexity index is 1180. The molecule has 3 heterocycles. The molecule has 2 N–H and O–H groups in total. The quantitative estimate of drug-likeness (QED) is 0.565. The van der Waals surface area contributed by atoms with Crippen LogP contribution in [0.3, 0.4) is 0 Å². The highest BCUT2D eigenvalue weighted by atomic mass is 32.2. The molecule has 0 radical (unpaired) electrons. The highest BCUT2D eigenvalue weighted by molar-refractivity contribution is 7.90. The van der Waals surface area contributed by atoms with Crippen LogP contribution in [-0.2, 0) is 23.6 Å². The molecule has 26 heavy (non-hydrogen) atoms. The van der Waals surface area contributed by atoms with Crippen molar-refractivity contribution in [3.05, 3.63) is 60.6 Å². The van der Waals surface area contributed by atoms with Crippen molar-refractivity contribution >= 4 is 20.9 Å². The molecular formula is C18H19N5O2S. The van der Waals surface area contributed by atoms with Crippen molar-refractivity contribution in [2.45, 2.75) is 11.6 Å². The molecule has 0 spiro atoms. The molecule has 0 aliphatic rings. The van der Waals surface area contributed by atoms with Crippen LogP contribution >= 0.6 is 0 Å². The number of aryl methyl sites for hydroxylation is 1. The van der Waals surface area contributed by atoms with Crippen molar-refractivity contribution < 1.29 is 8.42 Å². The largest absolute Gasteiger partial charge is 0.361 e. The van der Waals surface area contributed by atoms with Crippen LogP contribution in [0.4, 0.5) is 0 Å². The Balaban J connectivity index is 1.91. The lowest BCUT2D eigenvalue weighted by molar-refractivity contribution is 0.580. The van der Waals surface area contributed by atoms with Crippen LogP contribution in [-0.4, -0.2) is 34.2 Å². The van der Waals surface area contributed by atoms with E-state index in [1.54, 1.807) is 19.4 Å². The Kier molecular flexibility index (Phi) is 3.93. The maximum Gasteiger partial charge on any atom is 0.287 e. The van der Waals surface area contributed by atoms with Crippen molar-refractivity contribution in [2.24, 2.45) is 7.05 Å². The Morgan fingerprint density at radius 1 is 1.19 bits per heavy atom. The van der Waals surface area contributed by atoms with Gasteiger partial charge in [-0.1, -0.05) is 6.07 Å². The minimum absolute atomic E-state index is 0.0237. The lowest BCUT2D eigenvalue weighted by Gasteiger charge is -2.09. The number of benzene rings is 1. The monoisotopic (exact) mass is 369 g/mol. The van der Waals surface area contributed by atoms with Crippen LogP contribution in [0.2, 0.25) is 0 Å². The lowest BCUT2D eigenvalue weighted by Crippen LogP contribution is -2.14. The minimum Gasteiger partial charge on any atom is -0.361 e. The summed E-state index contributed by atoms with van der Waals surface area (Å²) in [4.78, 5) is 3.15. The zero-order valence-electron chi connectivity index (χ0n) is 14.5. The fourth-order valence-electron chi connectivity index (χ4n) is 3.05. The van der Waals surface area contributed by atoms with Crippen molar-refractivity contribution in [3.8, 4) is 11.3 Å². The maximum atomic E-state index is 13.1. The molecule has 134 valence electrons. The van der Waals surface area contributed by atoms with Crippen LogP contribution in [0.15, 0.2) is 60.0 Å². The van der Waals surface area contributed by atoms with Gasteiger partial charge >= 0.3 is 0 Å². The van der Waals surface area contributed by atoms with Crippen LogP contribution in [0.25, 0.3) is 22.2 Å².